The molecule has 4 rings (SSSR count). The molecule has 4 nitrogen and oxygen atoms in total. The van der Waals surface area contributed by atoms with E-state index < -0.39 is 0 Å². The van der Waals surface area contributed by atoms with Gasteiger partial charge in [0.05, 0.1) is 23.9 Å². The number of thiazole rings is 1. The molecule has 1 amide bonds. The van der Waals surface area contributed by atoms with Crippen molar-refractivity contribution in [2.75, 3.05) is 0 Å². The predicted octanol–water partition coefficient (Wildman–Crippen LogP) is 4.96. The number of carbonyl (C=O) groups is 1. The van der Waals surface area contributed by atoms with Crippen LogP contribution in [0.2, 0.25) is 0 Å². The first-order valence-corrected chi connectivity index (χ1v) is 10.3. The van der Waals surface area contributed by atoms with E-state index in [1.165, 1.54) is 16.9 Å². The second-order valence-electron chi connectivity index (χ2n) is 6.86. The van der Waals surface area contributed by atoms with Crippen molar-refractivity contribution < 1.29 is 4.79 Å². The molecule has 0 bridgehead atoms. The van der Waals surface area contributed by atoms with E-state index in [1.807, 2.05) is 53.9 Å². The molecule has 0 aliphatic carbocycles. The number of benzene rings is 2. The summed E-state index contributed by atoms with van der Waals surface area (Å²) in [6, 6.07) is 23.8. The topological polar surface area (TPSA) is 54.9 Å². The number of nitrogens with zero attached hydrogens (tertiary/aromatic N) is 2. The highest BCUT2D eigenvalue weighted by Gasteiger charge is 2.18. The molecule has 1 atom stereocenters. The third-order valence-electron chi connectivity index (χ3n) is 4.63. The first-order valence-electron chi connectivity index (χ1n) is 9.46. The smallest absolute Gasteiger partial charge is 0.226 e. The lowest BCUT2D eigenvalue weighted by Gasteiger charge is -2.20. The third-order valence-corrected chi connectivity index (χ3v) is 5.54. The average molecular weight is 400 g/mol. The highest BCUT2D eigenvalue weighted by atomic mass is 32.1. The molecule has 0 aliphatic rings. The van der Waals surface area contributed by atoms with Crippen molar-refractivity contribution in [1.29, 1.82) is 0 Å². The number of nitrogens with one attached hydrogen (secondary N) is 1. The van der Waals surface area contributed by atoms with Crippen molar-refractivity contribution in [3.8, 4) is 10.7 Å². The van der Waals surface area contributed by atoms with Gasteiger partial charge in [0.1, 0.15) is 5.01 Å². The fourth-order valence-corrected chi connectivity index (χ4v) is 3.93. The largest absolute Gasteiger partial charge is 0.345 e. The van der Waals surface area contributed by atoms with E-state index in [0.717, 1.165) is 27.5 Å². The Balaban J connectivity index is 1.51. The minimum atomic E-state index is -0.196. The van der Waals surface area contributed by atoms with E-state index in [9.17, 15) is 4.79 Å². The molecule has 0 radical (unpaired) electrons. The van der Waals surface area contributed by atoms with Gasteiger partial charge in [0.25, 0.3) is 0 Å². The molecule has 0 aliphatic heterocycles. The average Bonchev–Trinajstić information content (AvgIpc) is 3.22. The minimum Gasteiger partial charge on any atom is -0.345 e. The van der Waals surface area contributed by atoms with Crippen LogP contribution in [0.1, 0.15) is 28.4 Å². The predicted molar refractivity (Wildman–Crippen MR) is 117 cm³/mol. The van der Waals surface area contributed by atoms with Crippen molar-refractivity contribution in [2.24, 2.45) is 0 Å². The minimum absolute atomic E-state index is 0.0581. The molecule has 29 heavy (non-hydrogen) atoms. The van der Waals surface area contributed by atoms with Crippen molar-refractivity contribution >= 4 is 17.2 Å². The molecular formula is C24H21N3OS. The van der Waals surface area contributed by atoms with Crippen LogP contribution in [0.15, 0.2) is 84.4 Å². The Morgan fingerprint density at radius 2 is 1.69 bits per heavy atom. The Kier molecular flexibility index (Phi) is 5.77. The quantitative estimate of drug-likeness (QED) is 0.498. The summed E-state index contributed by atoms with van der Waals surface area (Å²) in [7, 11) is 0. The Morgan fingerprint density at radius 3 is 2.41 bits per heavy atom. The van der Waals surface area contributed by atoms with Crippen LogP contribution < -0.4 is 5.32 Å². The molecule has 2 aromatic heterocycles. The molecule has 1 N–H and O–H groups in total. The zero-order valence-electron chi connectivity index (χ0n) is 16.1. The fourth-order valence-electron chi connectivity index (χ4n) is 3.14. The van der Waals surface area contributed by atoms with Gasteiger partial charge in [0.15, 0.2) is 0 Å². The molecule has 2 heterocycles. The standard InChI is InChI=1S/C24H21N3OS/c1-17-10-12-19(13-11-17)23(18-7-3-2-4-8-18)27-22(28)15-20-16-29-24(26-20)21-9-5-6-14-25-21/h2-14,16,23H,15H2,1H3,(H,27,28). The summed E-state index contributed by atoms with van der Waals surface area (Å²) in [6.07, 6.45) is 1.98. The maximum atomic E-state index is 12.8. The summed E-state index contributed by atoms with van der Waals surface area (Å²) in [4.78, 5) is 21.7. The van der Waals surface area contributed by atoms with Gasteiger partial charge in [-0.05, 0) is 30.2 Å². The van der Waals surface area contributed by atoms with E-state index in [4.69, 9.17) is 0 Å². The summed E-state index contributed by atoms with van der Waals surface area (Å²) in [5, 5.41) is 5.93. The van der Waals surface area contributed by atoms with Gasteiger partial charge in [-0.3, -0.25) is 9.78 Å². The SMILES string of the molecule is Cc1ccc(C(NC(=O)Cc2csc(-c3ccccn3)n2)c2ccccc2)cc1. The second kappa shape index (κ2) is 8.80. The van der Waals surface area contributed by atoms with Gasteiger partial charge in [-0.1, -0.05) is 66.2 Å². The Morgan fingerprint density at radius 1 is 0.966 bits per heavy atom. The molecule has 2 aromatic carbocycles. The molecular weight excluding hydrogens is 378 g/mol. The molecule has 5 heteroatoms. The molecule has 0 saturated heterocycles. The van der Waals surface area contributed by atoms with E-state index in [1.54, 1.807) is 6.20 Å². The first kappa shape index (κ1) is 19.0. The van der Waals surface area contributed by atoms with Crippen molar-refractivity contribution in [3.63, 3.8) is 0 Å². The zero-order chi connectivity index (χ0) is 20.1. The summed E-state index contributed by atoms with van der Waals surface area (Å²) in [6.45, 7) is 2.06. The summed E-state index contributed by atoms with van der Waals surface area (Å²) < 4.78 is 0. The van der Waals surface area contributed by atoms with Crippen LogP contribution in [0.4, 0.5) is 0 Å². The number of rotatable bonds is 6. The van der Waals surface area contributed by atoms with Crippen LogP contribution in [0, 0.1) is 6.92 Å². The lowest BCUT2D eigenvalue weighted by atomic mass is 9.97. The fraction of sp³-hybridized carbons (Fsp3) is 0.125. The van der Waals surface area contributed by atoms with Crippen molar-refractivity contribution in [2.45, 2.75) is 19.4 Å². The van der Waals surface area contributed by atoms with Gasteiger partial charge in [-0.15, -0.1) is 11.3 Å². The highest BCUT2D eigenvalue weighted by molar-refractivity contribution is 7.13. The van der Waals surface area contributed by atoms with Crippen LogP contribution in [0.5, 0.6) is 0 Å². The van der Waals surface area contributed by atoms with Crippen molar-refractivity contribution in [3.05, 3.63) is 107 Å². The molecule has 0 saturated carbocycles. The summed E-state index contributed by atoms with van der Waals surface area (Å²) in [5.41, 5.74) is 4.88. The van der Waals surface area contributed by atoms with Gasteiger partial charge < -0.3 is 5.32 Å². The molecule has 0 spiro atoms. The monoisotopic (exact) mass is 399 g/mol. The molecule has 1 unspecified atom stereocenters. The number of aryl methyl sites for hydroxylation is 1. The zero-order valence-corrected chi connectivity index (χ0v) is 16.9. The number of hydrogen-bond donors (Lipinski definition) is 1. The highest BCUT2D eigenvalue weighted by Crippen LogP contribution is 2.24. The first-order chi connectivity index (χ1) is 14.2. The maximum Gasteiger partial charge on any atom is 0.226 e. The number of carbonyl (C=O) groups excluding carboxylic acids is 1. The van der Waals surface area contributed by atoms with Crippen molar-refractivity contribution in [1.82, 2.24) is 15.3 Å². The Labute approximate surface area is 174 Å². The van der Waals surface area contributed by atoms with Gasteiger partial charge >= 0.3 is 0 Å². The number of amides is 1. The number of hydrogen-bond acceptors (Lipinski definition) is 4. The summed E-state index contributed by atoms with van der Waals surface area (Å²) in [5.74, 6) is -0.0581. The van der Waals surface area contributed by atoms with Crippen LogP contribution >= 0.6 is 11.3 Å². The molecule has 0 fully saturated rings. The van der Waals surface area contributed by atoms with E-state index >= 15 is 0 Å². The van der Waals surface area contributed by atoms with E-state index in [-0.39, 0.29) is 18.4 Å². The third kappa shape index (κ3) is 4.76. The van der Waals surface area contributed by atoms with Crippen LogP contribution in [0.25, 0.3) is 10.7 Å². The Bertz CT molecular complexity index is 1080. The van der Waals surface area contributed by atoms with E-state index in [0.29, 0.717) is 0 Å². The number of aromatic nitrogens is 2. The van der Waals surface area contributed by atoms with E-state index in [2.05, 4.69) is 46.5 Å². The number of pyridine rings is 1. The second-order valence-corrected chi connectivity index (χ2v) is 7.72. The molecule has 4 aromatic rings. The summed E-state index contributed by atoms with van der Waals surface area (Å²) >= 11 is 1.50. The van der Waals surface area contributed by atoms with Gasteiger partial charge in [0, 0.05) is 11.6 Å². The van der Waals surface area contributed by atoms with Gasteiger partial charge in [-0.25, -0.2) is 4.98 Å². The lowest BCUT2D eigenvalue weighted by molar-refractivity contribution is -0.121. The van der Waals surface area contributed by atoms with Crippen LogP contribution in [0.3, 0.4) is 0 Å². The van der Waals surface area contributed by atoms with Crippen LogP contribution in [-0.4, -0.2) is 15.9 Å². The normalized spacial score (nSPS) is 11.8. The van der Waals surface area contributed by atoms with Crippen LogP contribution in [-0.2, 0) is 11.2 Å². The van der Waals surface area contributed by atoms with Gasteiger partial charge in [-0.2, -0.15) is 0 Å². The van der Waals surface area contributed by atoms with Gasteiger partial charge in [0.2, 0.25) is 5.91 Å². The lowest BCUT2D eigenvalue weighted by Crippen LogP contribution is -2.30. The molecule has 144 valence electrons. The Hall–Kier alpha value is -3.31. The maximum absolute atomic E-state index is 12.8.